The zero-order valence-corrected chi connectivity index (χ0v) is 15.8. The summed E-state index contributed by atoms with van der Waals surface area (Å²) in [6.07, 6.45) is 4.34. The lowest BCUT2D eigenvalue weighted by molar-refractivity contribution is -0.384. The van der Waals surface area contributed by atoms with E-state index in [2.05, 4.69) is 39.4 Å². The maximum atomic E-state index is 10.7. The van der Waals surface area contributed by atoms with Crippen molar-refractivity contribution in [3.8, 4) is 0 Å². The molecule has 0 spiro atoms. The van der Waals surface area contributed by atoms with Crippen molar-refractivity contribution < 1.29 is 4.92 Å². The predicted octanol–water partition coefficient (Wildman–Crippen LogP) is 3.62. The van der Waals surface area contributed by atoms with Crippen molar-refractivity contribution >= 4 is 34.8 Å². The number of piperazine rings is 1. The number of non-ortho nitro benzene ring substituents is 1. The van der Waals surface area contributed by atoms with Crippen molar-refractivity contribution in [2.45, 2.75) is 0 Å². The minimum Gasteiger partial charge on any atom is -0.346 e. The van der Waals surface area contributed by atoms with Crippen molar-refractivity contribution in [1.82, 2.24) is 9.80 Å². The minimum atomic E-state index is -0.409. The van der Waals surface area contributed by atoms with Gasteiger partial charge >= 0.3 is 0 Å². The van der Waals surface area contributed by atoms with E-state index in [4.69, 9.17) is 12.2 Å². The van der Waals surface area contributed by atoms with Gasteiger partial charge in [-0.3, -0.25) is 15.0 Å². The van der Waals surface area contributed by atoms with Gasteiger partial charge in [-0.1, -0.05) is 42.5 Å². The van der Waals surface area contributed by atoms with Crippen LogP contribution in [0.4, 0.5) is 11.4 Å². The van der Waals surface area contributed by atoms with Gasteiger partial charge in [0.1, 0.15) is 0 Å². The van der Waals surface area contributed by atoms with Gasteiger partial charge in [-0.15, -0.1) is 0 Å². The SMILES string of the molecule is O=[N+]([O-])c1ccc(NC(=S)N2CCN(CC=Cc3ccccc3)CC2)cc1. The molecule has 2 aromatic carbocycles. The molecule has 1 aliphatic rings. The Labute approximate surface area is 164 Å². The van der Waals surface area contributed by atoms with E-state index in [9.17, 15) is 10.1 Å². The summed E-state index contributed by atoms with van der Waals surface area (Å²) in [7, 11) is 0. The van der Waals surface area contributed by atoms with E-state index < -0.39 is 4.92 Å². The van der Waals surface area contributed by atoms with Gasteiger partial charge in [0.2, 0.25) is 0 Å². The van der Waals surface area contributed by atoms with Gasteiger partial charge in [-0.2, -0.15) is 0 Å². The lowest BCUT2D eigenvalue weighted by Gasteiger charge is -2.35. The van der Waals surface area contributed by atoms with Crippen LogP contribution in [0.15, 0.2) is 60.7 Å². The first kappa shape index (κ1) is 19.0. The van der Waals surface area contributed by atoms with Crippen LogP contribution in [0.3, 0.4) is 0 Å². The molecule has 1 heterocycles. The number of nitro benzene ring substituents is 1. The van der Waals surface area contributed by atoms with Gasteiger partial charge < -0.3 is 10.2 Å². The highest BCUT2D eigenvalue weighted by atomic mass is 32.1. The van der Waals surface area contributed by atoms with Crippen LogP contribution in [-0.2, 0) is 0 Å². The minimum absolute atomic E-state index is 0.0728. The normalized spacial score (nSPS) is 15.0. The highest BCUT2D eigenvalue weighted by Gasteiger charge is 2.18. The second-order valence-electron chi connectivity index (χ2n) is 6.33. The lowest BCUT2D eigenvalue weighted by Crippen LogP contribution is -2.49. The molecule has 1 fully saturated rings. The molecule has 0 radical (unpaired) electrons. The second-order valence-corrected chi connectivity index (χ2v) is 6.72. The third-order valence-corrected chi connectivity index (χ3v) is 4.82. The first-order chi connectivity index (χ1) is 13.1. The van der Waals surface area contributed by atoms with Gasteiger partial charge in [0.15, 0.2) is 5.11 Å². The monoisotopic (exact) mass is 382 g/mol. The molecule has 0 unspecified atom stereocenters. The van der Waals surface area contributed by atoms with Gasteiger partial charge in [-0.05, 0) is 29.9 Å². The Kier molecular flexibility index (Phi) is 6.51. The van der Waals surface area contributed by atoms with Crippen LogP contribution in [0, 0.1) is 10.1 Å². The largest absolute Gasteiger partial charge is 0.346 e. The summed E-state index contributed by atoms with van der Waals surface area (Å²) in [5, 5.41) is 14.5. The molecule has 1 aliphatic heterocycles. The van der Waals surface area contributed by atoms with E-state index in [0.717, 1.165) is 38.4 Å². The Morgan fingerprint density at radius 3 is 2.37 bits per heavy atom. The number of nitrogens with zero attached hydrogens (tertiary/aromatic N) is 3. The summed E-state index contributed by atoms with van der Waals surface area (Å²) in [6.45, 7) is 4.53. The van der Waals surface area contributed by atoms with Crippen LogP contribution >= 0.6 is 12.2 Å². The van der Waals surface area contributed by atoms with Crippen LogP contribution in [0.25, 0.3) is 6.08 Å². The molecule has 0 aliphatic carbocycles. The Morgan fingerprint density at radius 1 is 1.07 bits per heavy atom. The molecule has 140 valence electrons. The summed E-state index contributed by atoms with van der Waals surface area (Å²) < 4.78 is 0. The number of rotatable bonds is 5. The number of anilines is 1. The molecular weight excluding hydrogens is 360 g/mol. The number of nitrogens with one attached hydrogen (secondary N) is 1. The average molecular weight is 382 g/mol. The van der Waals surface area contributed by atoms with Crippen LogP contribution < -0.4 is 5.32 Å². The van der Waals surface area contributed by atoms with Crippen LogP contribution in [0.2, 0.25) is 0 Å². The molecule has 6 nitrogen and oxygen atoms in total. The molecule has 3 rings (SSSR count). The summed E-state index contributed by atoms with van der Waals surface area (Å²) in [5.41, 5.74) is 2.05. The third-order valence-electron chi connectivity index (χ3n) is 4.46. The summed E-state index contributed by atoms with van der Waals surface area (Å²) in [6, 6.07) is 16.6. The number of benzene rings is 2. The Hall–Kier alpha value is -2.77. The highest BCUT2D eigenvalue weighted by Crippen LogP contribution is 2.16. The van der Waals surface area contributed by atoms with Gasteiger partial charge in [-0.25, -0.2) is 0 Å². The van der Waals surface area contributed by atoms with Gasteiger partial charge in [0, 0.05) is 50.5 Å². The van der Waals surface area contributed by atoms with Crippen molar-refractivity contribution in [2.75, 3.05) is 38.0 Å². The molecule has 27 heavy (non-hydrogen) atoms. The Morgan fingerprint density at radius 2 is 1.74 bits per heavy atom. The molecule has 0 saturated carbocycles. The predicted molar refractivity (Wildman–Crippen MR) is 113 cm³/mol. The number of thiocarbonyl (C=S) groups is 1. The van der Waals surface area contributed by atoms with E-state index in [1.165, 1.54) is 17.7 Å². The van der Waals surface area contributed by atoms with E-state index >= 15 is 0 Å². The molecule has 0 amide bonds. The Balaban J connectivity index is 1.43. The van der Waals surface area contributed by atoms with Crippen LogP contribution in [0.1, 0.15) is 5.56 Å². The molecule has 0 bridgehead atoms. The first-order valence-electron chi connectivity index (χ1n) is 8.86. The van der Waals surface area contributed by atoms with Crippen LogP contribution in [0.5, 0.6) is 0 Å². The fourth-order valence-corrected chi connectivity index (χ4v) is 3.20. The second kappa shape index (κ2) is 9.25. The standard InChI is InChI=1S/C20H22N4O2S/c25-24(26)19-10-8-18(9-11-19)21-20(27)23-15-13-22(14-16-23)12-4-7-17-5-2-1-3-6-17/h1-11H,12-16H2,(H,21,27). The fourth-order valence-electron chi connectivity index (χ4n) is 2.90. The van der Waals surface area contributed by atoms with Crippen molar-refractivity contribution in [2.24, 2.45) is 0 Å². The van der Waals surface area contributed by atoms with E-state index in [-0.39, 0.29) is 5.69 Å². The smallest absolute Gasteiger partial charge is 0.269 e. The van der Waals surface area contributed by atoms with E-state index in [1.54, 1.807) is 12.1 Å². The van der Waals surface area contributed by atoms with Gasteiger partial charge in [0.25, 0.3) is 5.69 Å². The fraction of sp³-hybridized carbons (Fsp3) is 0.250. The highest BCUT2D eigenvalue weighted by molar-refractivity contribution is 7.80. The van der Waals surface area contributed by atoms with Crippen molar-refractivity contribution in [3.63, 3.8) is 0 Å². The quantitative estimate of drug-likeness (QED) is 0.484. The Bertz CT molecular complexity index is 800. The zero-order chi connectivity index (χ0) is 19.1. The topological polar surface area (TPSA) is 61.7 Å². The number of nitro groups is 1. The third kappa shape index (κ3) is 5.60. The molecule has 1 saturated heterocycles. The number of hydrogen-bond acceptors (Lipinski definition) is 4. The van der Waals surface area contributed by atoms with E-state index in [1.807, 2.05) is 18.2 Å². The zero-order valence-electron chi connectivity index (χ0n) is 15.0. The maximum Gasteiger partial charge on any atom is 0.269 e. The van der Waals surface area contributed by atoms with Gasteiger partial charge in [0.05, 0.1) is 4.92 Å². The average Bonchev–Trinajstić information content (AvgIpc) is 2.70. The molecule has 2 aromatic rings. The molecule has 1 N–H and O–H groups in total. The number of hydrogen-bond donors (Lipinski definition) is 1. The summed E-state index contributed by atoms with van der Waals surface area (Å²) in [5.74, 6) is 0. The summed E-state index contributed by atoms with van der Waals surface area (Å²) >= 11 is 5.48. The summed E-state index contributed by atoms with van der Waals surface area (Å²) in [4.78, 5) is 14.8. The van der Waals surface area contributed by atoms with Crippen molar-refractivity contribution in [3.05, 3.63) is 76.4 Å². The molecule has 7 heteroatoms. The van der Waals surface area contributed by atoms with Crippen molar-refractivity contribution in [1.29, 1.82) is 0 Å². The molecule has 0 atom stereocenters. The van der Waals surface area contributed by atoms with E-state index in [0.29, 0.717) is 5.11 Å². The maximum absolute atomic E-state index is 10.7. The lowest BCUT2D eigenvalue weighted by atomic mass is 10.2. The first-order valence-corrected chi connectivity index (χ1v) is 9.27. The molecule has 0 aromatic heterocycles. The van der Waals surface area contributed by atoms with Crippen LogP contribution in [-0.4, -0.2) is 52.6 Å². The molecular formula is C20H22N4O2S.